The van der Waals surface area contributed by atoms with E-state index in [1.165, 1.54) is 36.8 Å². The number of thiazole rings is 1. The fourth-order valence-electron chi connectivity index (χ4n) is 4.21. The van der Waals surface area contributed by atoms with Crippen molar-refractivity contribution < 1.29 is 4.79 Å². The van der Waals surface area contributed by atoms with Crippen LogP contribution < -0.4 is 0 Å². The van der Waals surface area contributed by atoms with Crippen molar-refractivity contribution in [3.63, 3.8) is 0 Å². The first-order valence-electron chi connectivity index (χ1n) is 8.85. The Hall–Kier alpha value is -1.42. The molecule has 3 unspecified atom stereocenters. The zero-order chi connectivity index (χ0) is 15.8. The van der Waals surface area contributed by atoms with Crippen molar-refractivity contribution in [2.75, 3.05) is 6.54 Å². The number of rotatable bonds is 3. The molecule has 3 atom stereocenters. The Morgan fingerprint density at radius 1 is 1.33 bits per heavy atom. The molecule has 2 fully saturated rings. The molecule has 2 bridgehead atoms. The van der Waals surface area contributed by atoms with Crippen LogP contribution >= 0.6 is 11.3 Å². The van der Waals surface area contributed by atoms with Crippen molar-refractivity contribution in [3.8, 4) is 0 Å². The van der Waals surface area contributed by atoms with Crippen LogP contribution in [0, 0.1) is 5.92 Å². The number of carbonyl (C=O) groups is 1. The molecule has 24 heavy (non-hydrogen) atoms. The van der Waals surface area contributed by atoms with Crippen LogP contribution in [0.2, 0.25) is 0 Å². The molecular weight excluding hydrogens is 316 g/mol. The van der Waals surface area contributed by atoms with Crippen molar-refractivity contribution in [1.82, 2.24) is 9.88 Å². The molecule has 1 amide bonds. The molecule has 4 heteroatoms. The van der Waals surface area contributed by atoms with Crippen molar-refractivity contribution in [2.24, 2.45) is 5.92 Å². The first-order chi connectivity index (χ1) is 11.2. The Morgan fingerprint density at radius 2 is 2.17 bits per heavy atom. The average molecular weight is 345 g/mol. The molecule has 1 aromatic carbocycles. The number of amides is 1. The first-order valence-corrected chi connectivity index (χ1v) is 9.67. The minimum Gasteiger partial charge on any atom is -0.340 e. The van der Waals surface area contributed by atoms with E-state index in [0.717, 1.165) is 23.0 Å². The van der Waals surface area contributed by atoms with Gasteiger partial charge >= 0.3 is 0 Å². The summed E-state index contributed by atoms with van der Waals surface area (Å²) in [5.41, 5.74) is 1.06. The summed E-state index contributed by atoms with van der Waals surface area (Å²) in [7, 11) is 0. The van der Waals surface area contributed by atoms with Crippen LogP contribution in [0.3, 0.4) is 0 Å². The molecule has 1 saturated carbocycles. The van der Waals surface area contributed by atoms with Crippen LogP contribution in [0.4, 0.5) is 0 Å². The lowest BCUT2D eigenvalue weighted by Gasteiger charge is -2.43. The number of para-hydroxylation sites is 1. The van der Waals surface area contributed by atoms with Gasteiger partial charge in [0.15, 0.2) is 0 Å². The topological polar surface area (TPSA) is 33.2 Å². The van der Waals surface area contributed by atoms with Crippen LogP contribution in [-0.2, 0) is 4.79 Å². The van der Waals surface area contributed by atoms with E-state index < -0.39 is 0 Å². The molecule has 0 spiro atoms. The summed E-state index contributed by atoms with van der Waals surface area (Å²) in [6.07, 6.45) is 6.92. The monoisotopic (exact) mass is 344 g/mol. The van der Waals surface area contributed by atoms with Gasteiger partial charge in [-0.1, -0.05) is 39.3 Å². The van der Waals surface area contributed by atoms with Gasteiger partial charge in [-0.05, 0) is 37.3 Å². The van der Waals surface area contributed by atoms with Gasteiger partial charge in [0.25, 0.3) is 0 Å². The van der Waals surface area contributed by atoms with Crippen LogP contribution in [0.15, 0.2) is 24.3 Å². The van der Waals surface area contributed by atoms with E-state index in [4.69, 9.17) is 4.98 Å². The molecule has 1 aliphatic carbocycles. The number of fused-ring (bicyclic) bond motifs is 3. The van der Waals surface area contributed by atoms with Gasteiger partial charge in [-0.2, -0.15) is 0 Å². The van der Waals surface area contributed by atoms with E-state index in [1.54, 1.807) is 11.3 Å². The Balaban J connectivity index is 0.00000169. The lowest BCUT2D eigenvalue weighted by Crippen LogP contribution is -2.48. The summed E-state index contributed by atoms with van der Waals surface area (Å²) >= 11 is 1.73. The van der Waals surface area contributed by atoms with E-state index >= 15 is 0 Å². The molecule has 1 aromatic heterocycles. The maximum Gasteiger partial charge on any atom is 0.223 e. The van der Waals surface area contributed by atoms with Crippen LogP contribution in [0.25, 0.3) is 10.2 Å². The highest BCUT2D eigenvalue weighted by Crippen LogP contribution is 2.36. The molecule has 0 N–H and O–H groups in total. The molecule has 1 aliphatic heterocycles. The van der Waals surface area contributed by atoms with Crippen LogP contribution in [0.5, 0.6) is 0 Å². The lowest BCUT2D eigenvalue weighted by atomic mass is 9.79. The molecular formula is C20H28N2OS. The predicted octanol–water partition coefficient (Wildman–Crippen LogP) is 5.22. The van der Waals surface area contributed by atoms with Crippen molar-refractivity contribution >= 4 is 27.5 Å². The zero-order valence-electron chi connectivity index (χ0n) is 13.7. The third-order valence-electron chi connectivity index (χ3n) is 5.51. The van der Waals surface area contributed by atoms with Crippen LogP contribution in [-0.4, -0.2) is 28.4 Å². The highest BCUT2D eigenvalue weighted by atomic mass is 32.1. The van der Waals surface area contributed by atoms with Crippen LogP contribution in [0.1, 0.15) is 63.8 Å². The predicted molar refractivity (Wildman–Crippen MR) is 101 cm³/mol. The second-order valence-electron chi connectivity index (χ2n) is 7.19. The molecule has 2 heterocycles. The van der Waals surface area contributed by atoms with Crippen molar-refractivity contribution in [1.29, 1.82) is 0 Å². The quantitative estimate of drug-likeness (QED) is 0.765. The minimum absolute atomic E-state index is 0. The van der Waals surface area contributed by atoms with E-state index in [0.29, 0.717) is 18.4 Å². The lowest BCUT2D eigenvalue weighted by molar-refractivity contribution is -0.137. The maximum atomic E-state index is 12.8. The third kappa shape index (κ3) is 3.34. The Bertz CT molecular complexity index is 677. The number of piperidine rings is 1. The summed E-state index contributed by atoms with van der Waals surface area (Å²) in [6.45, 7) is 3.12. The highest BCUT2D eigenvalue weighted by molar-refractivity contribution is 7.18. The first kappa shape index (κ1) is 17.4. The van der Waals surface area contributed by atoms with Gasteiger partial charge < -0.3 is 4.90 Å². The smallest absolute Gasteiger partial charge is 0.223 e. The summed E-state index contributed by atoms with van der Waals surface area (Å²) in [5, 5.41) is 1.10. The summed E-state index contributed by atoms with van der Waals surface area (Å²) in [5.74, 6) is 1.42. The van der Waals surface area contributed by atoms with Crippen molar-refractivity contribution in [2.45, 2.75) is 64.8 Å². The van der Waals surface area contributed by atoms with Gasteiger partial charge in [0.1, 0.15) is 0 Å². The summed E-state index contributed by atoms with van der Waals surface area (Å²) in [4.78, 5) is 19.7. The number of benzene rings is 1. The van der Waals surface area contributed by atoms with Gasteiger partial charge in [-0.25, -0.2) is 4.98 Å². The normalized spacial score (nSPS) is 24.5. The average Bonchev–Trinajstić information content (AvgIpc) is 2.99. The number of hydrogen-bond donors (Lipinski definition) is 0. The minimum atomic E-state index is 0. The fraction of sp³-hybridized carbons (Fsp3) is 0.600. The second-order valence-corrected chi connectivity index (χ2v) is 8.25. The van der Waals surface area contributed by atoms with Gasteiger partial charge in [0.05, 0.1) is 15.2 Å². The maximum absolute atomic E-state index is 12.8. The summed E-state index contributed by atoms with van der Waals surface area (Å²) in [6, 6.07) is 8.74. The molecule has 4 rings (SSSR count). The van der Waals surface area contributed by atoms with Gasteiger partial charge in [0.2, 0.25) is 5.91 Å². The Morgan fingerprint density at radius 3 is 3.00 bits per heavy atom. The third-order valence-corrected chi connectivity index (χ3v) is 6.78. The number of hydrogen-bond acceptors (Lipinski definition) is 3. The molecule has 2 aromatic rings. The zero-order valence-corrected chi connectivity index (χ0v) is 14.5. The Kier molecular flexibility index (Phi) is 5.24. The van der Waals surface area contributed by atoms with Gasteiger partial charge in [0, 0.05) is 24.9 Å². The molecule has 130 valence electrons. The number of carbonyl (C=O) groups excluding carboxylic acids is 1. The molecule has 3 nitrogen and oxygen atoms in total. The SMILES string of the molecule is C.CC(CC(=O)N1CCC2CCCC1C2)c1nc2ccccc2s1. The number of aromatic nitrogens is 1. The summed E-state index contributed by atoms with van der Waals surface area (Å²) < 4.78 is 1.22. The van der Waals surface area contributed by atoms with E-state index in [9.17, 15) is 4.79 Å². The molecule has 0 radical (unpaired) electrons. The Labute approximate surface area is 149 Å². The highest BCUT2D eigenvalue weighted by Gasteiger charge is 2.34. The number of likely N-dealkylation sites (tertiary alicyclic amines) is 1. The van der Waals surface area contributed by atoms with Gasteiger partial charge in [-0.15, -0.1) is 11.3 Å². The second kappa shape index (κ2) is 7.22. The van der Waals surface area contributed by atoms with Crippen molar-refractivity contribution in [3.05, 3.63) is 29.3 Å². The van der Waals surface area contributed by atoms with Gasteiger partial charge in [-0.3, -0.25) is 4.79 Å². The standard InChI is InChI=1S/C19H24N2OS.CH4/c1-13(19-20-16-7-2-3-8-17(16)23-19)11-18(22)21-10-9-14-5-4-6-15(21)12-14;/h2-3,7-8,13-15H,4-6,9-12H2,1H3;1H4. The largest absolute Gasteiger partial charge is 0.340 e. The molecule has 2 aliphatic rings. The molecule has 1 saturated heterocycles. The fourth-order valence-corrected chi connectivity index (χ4v) is 5.23. The van der Waals surface area contributed by atoms with E-state index in [1.807, 2.05) is 12.1 Å². The van der Waals surface area contributed by atoms with E-state index in [2.05, 4.69) is 24.0 Å². The number of nitrogens with zero attached hydrogens (tertiary/aromatic N) is 2. The van der Waals surface area contributed by atoms with E-state index in [-0.39, 0.29) is 13.3 Å².